The van der Waals surface area contributed by atoms with Crippen LogP contribution in [0.2, 0.25) is 0 Å². The molecule has 0 radical (unpaired) electrons. The summed E-state index contributed by atoms with van der Waals surface area (Å²) in [5.41, 5.74) is 0.781. The molecule has 1 aromatic rings. The lowest BCUT2D eigenvalue weighted by atomic mass is 9.80. The maximum Gasteiger partial charge on any atom is 0.127 e. The van der Waals surface area contributed by atoms with E-state index in [9.17, 15) is 4.39 Å². The SMILES string of the molecule is CC(C)[C@H]1CC[C@H](NCc2ccccc2F)CC1. The first-order valence-electron chi connectivity index (χ1n) is 7.13. The molecule has 1 aliphatic rings. The van der Waals surface area contributed by atoms with E-state index in [1.807, 2.05) is 12.1 Å². The topological polar surface area (TPSA) is 12.0 Å². The Balaban J connectivity index is 1.77. The summed E-state index contributed by atoms with van der Waals surface area (Å²) in [5, 5.41) is 3.50. The Morgan fingerprint density at radius 2 is 1.83 bits per heavy atom. The van der Waals surface area contributed by atoms with Gasteiger partial charge in [0.05, 0.1) is 0 Å². The van der Waals surface area contributed by atoms with E-state index in [-0.39, 0.29) is 5.82 Å². The number of hydrogen-bond donors (Lipinski definition) is 1. The Hall–Kier alpha value is -0.890. The smallest absolute Gasteiger partial charge is 0.127 e. The minimum absolute atomic E-state index is 0.0964. The fourth-order valence-electron chi connectivity index (χ4n) is 2.89. The third-order valence-electron chi connectivity index (χ3n) is 4.25. The second-order valence-corrected chi connectivity index (χ2v) is 5.83. The lowest BCUT2D eigenvalue weighted by Gasteiger charge is -2.31. The average Bonchev–Trinajstić information content (AvgIpc) is 2.38. The number of halogens is 1. The minimum atomic E-state index is -0.0964. The summed E-state index contributed by atoms with van der Waals surface area (Å²) in [6, 6.07) is 7.61. The van der Waals surface area contributed by atoms with Gasteiger partial charge in [0.1, 0.15) is 5.82 Å². The molecular formula is C16H24FN. The Labute approximate surface area is 110 Å². The van der Waals surface area contributed by atoms with Gasteiger partial charge in [-0.3, -0.25) is 0 Å². The number of benzene rings is 1. The molecule has 0 atom stereocenters. The largest absolute Gasteiger partial charge is 0.310 e. The predicted molar refractivity (Wildman–Crippen MR) is 73.8 cm³/mol. The summed E-state index contributed by atoms with van der Waals surface area (Å²) >= 11 is 0. The van der Waals surface area contributed by atoms with Gasteiger partial charge in [-0.1, -0.05) is 32.0 Å². The molecule has 0 spiro atoms. The van der Waals surface area contributed by atoms with Gasteiger partial charge < -0.3 is 5.32 Å². The molecule has 2 heteroatoms. The maximum atomic E-state index is 13.5. The zero-order valence-electron chi connectivity index (χ0n) is 11.5. The van der Waals surface area contributed by atoms with Crippen molar-refractivity contribution in [3.05, 3.63) is 35.6 Å². The van der Waals surface area contributed by atoms with E-state index >= 15 is 0 Å². The zero-order valence-corrected chi connectivity index (χ0v) is 11.5. The second-order valence-electron chi connectivity index (χ2n) is 5.83. The zero-order chi connectivity index (χ0) is 13.0. The predicted octanol–water partition coefficient (Wildman–Crippen LogP) is 4.13. The average molecular weight is 249 g/mol. The van der Waals surface area contributed by atoms with Gasteiger partial charge in [0.15, 0.2) is 0 Å². The summed E-state index contributed by atoms with van der Waals surface area (Å²) in [5.74, 6) is 1.59. The van der Waals surface area contributed by atoms with Crippen molar-refractivity contribution >= 4 is 0 Å². The Morgan fingerprint density at radius 1 is 1.17 bits per heavy atom. The van der Waals surface area contributed by atoms with E-state index in [0.717, 1.165) is 17.4 Å². The Morgan fingerprint density at radius 3 is 2.44 bits per heavy atom. The molecule has 1 fully saturated rings. The first-order valence-corrected chi connectivity index (χ1v) is 7.13. The van der Waals surface area contributed by atoms with E-state index < -0.39 is 0 Å². The van der Waals surface area contributed by atoms with Crippen LogP contribution in [0.4, 0.5) is 4.39 Å². The van der Waals surface area contributed by atoms with Crippen molar-refractivity contribution < 1.29 is 4.39 Å². The lowest BCUT2D eigenvalue weighted by Crippen LogP contribution is -2.33. The molecular weight excluding hydrogens is 225 g/mol. The summed E-state index contributed by atoms with van der Waals surface area (Å²) in [6.07, 6.45) is 5.09. The highest BCUT2D eigenvalue weighted by Crippen LogP contribution is 2.29. The Kier molecular flexibility index (Phi) is 4.76. The van der Waals surface area contributed by atoms with Crippen LogP contribution in [0.25, 0.3) is 0 Å². The quantitative estimate of drug-likeness (QED) is 0.846. The van der Waals surface area contributed by atoms with E-state index in [4.69, 9.17) is 0 Å². The highest BCUT2D eigenvalue weighted by atomic mass is 19.1. The van der Waals surface area contributed by atoms with Gasteiger partial charge in [-0.2, -0.15) is 0 Å². The van der Waals surface area contributed by atoms with Crippen LogP contribution in [0.15, 0.2) is 24.3 Å². The molecule has 0 heterocycles. The molecule has 100 valence electrons. The van der Waals surface area contributed by atoms with E-state index in [1.165, 1.54) is 31.7 Å². The first kappa shape index (κ1) is 13.5. The molecule has 1 saturated carbocycles. The molecule has 0 bridgehead atoms. The summed E-state index contributed by atoms with van der Waals surface area (Å²) in [7, 11) is 0. The molecule has 0 unspecified atom stereocenters. The van der Waals surface area contributed by atoms with Crippen LogP contribution in [0, 0.1) is 17.7 Å². The van der Waals surface area contributed by atoms with Gasteiger partial charge in [-0.05, 0) is 43.6 Å². The molecule has 1 N–H and O–H groups in total. The highest BCUT2D eigenvalue weighted by Gasteiger charge is 2.22. The third kappa shape index (κ3) is 3.55. The van der Waals surface area contributed by atoms with Crippen molar-refractivity contribution in [1.29, 1.82) is 0 Å². The normalized spacial score (nSPS) is 24.4. The van der Waals surface area contributed by atoms with Crippen molar-refractivity contribution in [2.45, 2.75) is 52.1 Å². The van der Waals surface area contributed by atoms with E-state index in [0.29, 0.717) is 12.6 Å². The summed E-state index contributed by atoms with van der Waals surface area (Å²) in [6.45, 7) is 5.29. The van der Waals surface area contributed by atoms with Gasteiger partial charge >= 0.3 is 0 Å². The molecule has 0 amide bonds. The van der Waals surface area contributed by atoms with Crippen molar-refractivity contribution in [1.82, 2.24) is 5.32 Å². The van der Waals surface area contributed by atoms with E-state index in [1.54, 1.807) is 6.07 Å². The van der Waals surface area contributed by atoms with Gasteiger partial charge in [0.25, 0.3) is 0 Å². The fraction of sp³-hybridized carbons (Fsp3) is 0.625. The minimum Gasteiger partial charge on any atom is -0.310 e. The Bertz CT molecular complexity index is 367. The van der Waals surface area contributed by atoms with Crippen molar-refractivity contribution in [2.75, 3.05) is 0 Å². The highest BCUT2D eigenvalue weighted by molar-refractivity contribution is 5.17. The molecule has 1 aromatic carbocycles. The van der Waals surface area contributed by atoms with Crippen LogP contribution in [0.3, 0.4) is 0 Å². The molecule has 0 aromatic heterocycles. The van der Waals surface area contributed by atoms with Crippen LogP contribution in [-0.2, 0) is 6.54 Å². The molecule has 2 rings (SSSR count). The van der Waals surface area contributed by atoms with Crippen LogP contribution in [0.5, 0.6) is 0 Å². The molecule has 1 aliphatic carbocycles. The number of rotatable bonds is 4. The van der Waals surface area contributed by atoms with Crippen molar-refractivity contribution in [2.24, 2.45) is 11.8 Å². The van der Waals surface area contributed by atoms with Crippen LogP contribution in [-0.4, -0.2) is 6.04 Å². The number of nitrogens with one attached hydrogen (secondary N) is 1. The van der Waals surface area contributed by atoms with Crippen LogP contribution in [0.1, 0.15) is 45.1 Å². The van der Waals surface area contributed by atoms with Gasteiger partial charge in [0.2, 0.25) is 0 Å². The summed E-state index contributed by atoms with van der Waals surface area (Å²) < 4.78 is 13.5. The van der Waals surface area contributed by atoms with Crippen molar-refractivity contribution in [3.8, 4) is 0 Å². The maximum absolute atomic E-state index is 13.5. The van der Waals surface area contributed by atoms with Crippen LogP contribution < -0.4 is 5.32 Å². The molecule has 0 saturated heterocycles. The lowest BCUT2D eigenvalue weighted by molar-refractivity contribution is 0.238. The molecule has 0 aliphatic heterocycles. The molecule has 1 nitrogen and oxygen atoms in total. The third-order valence-corrected chi connectivity index (χ3v) is 4.25. The second kappa shape index (κ2) is 6.33. The first-order chi connectivity index (χ1) is 8.66. The monoisotopic (exact) mass is 249 g/mol. The standard InChI is InChI=1S/C16H24FN/c1-12(2)13-7-9-15(10-8-13)18-11-14-5-3-4-6-16(14)17/h3-6,12-13,15,18H,7-11H2,1-2H3/t13-,15-. The summed E-state index contributed by atoms with van der Waals surface area (Å²) in [4.78, 5) is 0. The van der Waals surface area contributed by atoms with E-state index in [2.05, 4.69) is 19.2 Å². The van der Waals surface area contributed by atoms with Crippen LogP contribution >= 0.6 is 0 Å². The number of hydrogen-bond acceptors (Lipinski definition) is 1. The fourth-order valence-corrected chi connectivity index (χ4v) is 2.89. The van der Waals surface area contributed by atoms with Gasteiger partial charge in [-0.15, -0.1) is 0 Å². The van der Waals surface area contributed by atoms with Gasteiger partial charge in [-0.25, -0.2) is 4.39 Å². The molecule has 18 heavy (non-hydrogen) atoms. The van der Waals surface area contributed by atoms with Crippen molar-refractivity contribution in [3.63, 3.8) is 0 Å². The van der Waals surface area contributed by atoms with Gasteiger partial charge in [0, 0.05) is 18.2 Å².